The van der Waals surface area contributed by atoms with Gasteiger partial charge in [-0.05, 0) is 11.1 Å². The number of nitrogens with zero attached hydrogens (tertiary/aromatic N) is 2. The lowest BCUT2D eigenvalue weighted by Crippen LogP contribution is -2.33. The van der Waals surface area contributed by atoms with Crippen molar-refractivity contribution in [1.82, 2.24) is 9.80 Å². The molecule has 10 nitrogen and oxygen atoms in total. The normalized spacial score (nSPS) is 10.4. The van der Waals surface area contributed by atoms with E-state index in [1.807, 2.05) is 70.5 Å². The van der Waals surface area contributed by atoms with Gasteiger partial charge >= 0.3 is 11.9 Å². The van der Waals surface area contributed by atoms with E-state index in [2.05, 4.69) is 0 Å². The Hall–Kier alpha value is -2.57. The summed E-state index contributed by atoms with van der Waals surface area (Å²) < 4.78 is 10.3. The summed E-state index contributed by atoms with van der Waals surface area (Å²) in [6.07, 6.45) is 0.529. The number of ether oxygens (including phenoxy) is 2. The van der Waals surface area contributed by atoms with Crippen molar-refractivity contribution in [3.8, 4) is 0 Å². The van der Waals surface area contributed by atoms with Crippen LogP contribution in [0.25, 0.3) is 0 Å². The summed E-state index contributed by atoms with van der Waals surface area (Å²) in [7, 11) is 0. The molecule has 4 N–H and O–H groups in total. The third-order valence-corrected chi connectivity index (χ3v) is 5.39. The van der Waals surface area contributed by atoms with Gasteiger partial charge in [-0.2, -0.15) is 0 Å². The van der Waals surface area contributed by atoms with E-state index in [9.17, 15) is 9.59 Å². The largest absolute Gasteiger partial charge is 0.464 e. The van der Waals surface area contributed by atoms with Gasteiger partial charge in [-0.1, -0.05) is 60.7 Å². The summed E-state index contributed by atoms with van der Waals surface area (Å²) in [5.41, 5.74) is 1.85. The minimum atomic E-state index is -0.265. The van der Waals surface area contributed by atoms with Crippen molar-refractivity contribution in [2.24, 2.45) is 0 Å². The SMILES string of the molecule is Cl.O=C(Cc1ccccc1)OCCN(CCO)CCO.O=C(Cc1ccccc1)OCCN(CCO)CCO. The number of hydrogen-bond acceptors (Lipinski definition) is 10. The zero-order valence-corrected chi connectivity index (χ0v) is 23.2. The fraction of sp³-hybridized carbons (Fsp3) is 0.500. The fourth-order valence-corrected chi connectivity index (χ4v) is 3.44. The van der Waals surface area contributed by atoms with Crippen LogP contribution in [-0.2, 0) is 31.9 Å². The molecule has 0 aliphatic carbocycles. The predicted molar refractivity (Wildman–Crippen MR) is 151 cm³/mol. The summed E-state index contributed by atoms with van der Waals surface area (Å²) in [5, 5.41) is 35.3. The number of aliphatic hydroxyl groups excluding tert-OH is 4. The molecule has 39 heavy (non-hydrogen) atoms. The first-order valence-corrected chi connectivity index (χ1v) is 12.8. The highest BCUT2D eigenvalue weighted by Gasteiger charge is 2.08. The van der Waals surface area contributed by atoms with Crippen molar-refractivity contribution in [1.29, 1.82) is 0 Å². The van der Waals surface area contributed by atoms with E-state index >= 15 is 0 Å². The van der Waals surface area contributed by atoms with E-state index in [1.54, 1.807) is 0 Å². The molecule has 2 aromatic rings. The van der Waals surface area contributed by atoms with Crippen molar-refractivity contribution in [2.45, 2.75) is 12.8 Å². The number of aliphatic hydroxyl groups is 4. The van der Waals surface area contributed by atoms with Gasteiger partial charge in [0.2, 0.25) is 0 Å². The first-order valence-electron chi connectivity index (χ1n) is 12.8. The van der Waals surface area contributed by atoms with Gasteiger partial charge in [-0.25, -0.2) is 0 Å². The van der Waals surface area contributed by atoms with E-state index in [-0.39, 0.29) is 76.8 Å². The lowest BCUT2D eigenvalue weighted by atomic mass is 10.2. The van der Waals surface area contributed by atoms with Crippen LogP contribution in [-0.4, -0.2) is 121 Å². The third kappa shape index (κ3) is 19.2. The Kier molecular flexibility index (Phi) is 22.9. The van der Waals surface area contributed by atoms with Crippen molar-refractivity contribution < 1.29 is 39.5 Å². The second-order valence-electron chi connectivity index (χ2n) is 8.34. The number of hydrogen-bond donors (Lipinski definition) is 4. The summed E-state index contributed by atoms with van der Waals surface area (Å²) in [6.45, 7) is 3.55. The smallest absolute Gasteiger partial charge is 0.310 e. The van der Waals surface area contributed by atoms with Crippen LogP contribution >= 0.6 is 12.4 Å². The molecule has 0 aromatic heterocycles. The van der Waals surface area contributed by atoms with Crippen molar-refractivity contribution in [3.05, 3.63) is 71.8 Å². The van der Waals surface area contributed by atoms with Crippen molar-refractivity contribution >= 4 is 24.3 Å². The van der Waals surface area contributed by atoms with E-state index in [0.717, 1.165) is 11.1 Å². The van der Waals surface area contributed by atoms with Crippen molar-refractivity contribution in [3.63, 3.8) is 0 Å². The molecule has 2 rings (SSSR count). The molecule has 0 atom stereocenters. The van der Waals surface area contributed by atoms with Crippen LogP contribution < -0.4 is 0 Å². The van der Waals surface area contributed by atoms with Crippen LogP contribution in [0.15, 0.2) is 60.7 Å². The molecule has 0 saturated carbocycles. The minimum absolute atomic E-state index is 0. The molecule has 0 bridgehead atoms. The topological polar surface area (TPSA) is 140 Å². The first kappa shape index (κ1) is 36.4. The number of rotatable bonds is 18. The van der Waals surface area contributed by atoms with E-state index in [1.165, 1.54) is 0 Å². The zero-order valence-electron chi connectivity index (χ0n) is 22.4. The highest BCUT2D eigenvalue weighted by Crippen LogP contribution is 2.02. The van der Waals surface area contributed by atoms with Crippen LogP contribution in [0.3, 0.4) is 0 Å². The van der Waals surface area contributed by atoms with Gasteiger partial charge < -0.3 is 29.9 Å². The minimum Gasteiger partial charge on any atom is -0.464 e. The van der Waals surface area contributed by atoms with Crippen LogP contribution in [0.2, 0.25) is 0 Å². The maximum absolute atomic E-state index is 11.6. The molecule has 0 aliphatic heterocycles. The van der Waals surface area contributed by atoms with Crippen LogP contribution in [0, 0.1) is 0 Å². The second-order valence-corrected chi connectivity index (χ2v) is 8.34. The Morgan fingerprint density at radius 2 is 0.846 bits per heavy atom. The predicted octanol–water partition coefficient (Wildman–Crippen LogP) is 0.540. The molecule has 0 saturated heterocycles. The van der Waals surface area contributed by atoms with E-state index < -0.39 is 0 Å². The summed E-state index contributed by atoms with van der Waals surface area (Å²) in [5.74, 6) is -0.529. The molecule has 2 aromatic carbocycles. The van der Waals surface area contributed by atoms with Gasteiger partial charge in [-0.15, -0.1) is 12.4 Å². The molecule has 11 heteroatoms. The molecule has 0 spiro atoms. The molecular formula is C28H43ClN2O8. The van der Waals surface area contributed by atoms with Gasteiger partial charge in [0.25, 0.3) is 0 Å². The van der Waals surface area contributed by atoms with Crippen molar-refractivity contribution in [2.75, 3.05) is 78.9 Å². The second kappa shape index (κ2) is 24.5. The van der Waals surface area contributed by atoms with Gasteiger partial charge in [-0.3, -0.25) is 19.4 Å². The number of benzene rings is 2. The average Bonchev–Trinajstić information content (AvgIpc) is 2.91. The maximum atomic E-state index is 11.6. The quantitative estimate of drug-likeness (QED) is 0.188. The van der Waals surface area contributed by atoms with Crippen LogP contribution in [0.1, 0.15) is 11.1 Å². The lowest BCUT2D eigenvalue weighted by molar-refractivity contribution is -0.144. The highest BCUT2D eigenvalue weighted by atomic mass is 35.5. The number of carbonyl (C=O) groups excluding carboxylic acids is 2. The van der Waals surface area contributed by atoms with E-state index in [0.29, 0.717) is 39.3 Å². The number of carbonyl (C=O) groups is 2. The molecule has 0 radical (unpaired) electrons. The maximum Gasteiger partial charge on any atom is 0.310 e. The van der Waals surface area contributed by atoms with E-state index in [4.69, 9.17) is 29.9 Å². The summed E-state index contributed by atoms with van der Waals surface area (Å²) in [4.78, 5) is 26.8. The highest BCUT2D eigenvalue weighted by molar-refractivity contribution is 5.85. The monoisotopic (exact) mass is 570 g/mol. The Labute approximate surface area is 237 Å². The number of esters is 2. The van der Waals surface area contributed by atoms with Gasteiger partial charge in [0.1, 0.15) is 13.2 Å². The Morgan fingerprint density at radius 3 is 1.13 bits per heavy atom. The van der Waals surface area contributed by atoms with Gasteiger partial charge in [0.15, 0.2) is 0 Å². The zero-order chi connectivity index (χ0) is 27.8. The molecule has 0 aliphatic rings. The standard InChI is InChI=1S/2C14H21NO4.ClH/c2*16-9-6-15(7-10-17)8-11-19-14(18)12-13-4-2-1-3-5-13;/h2*1-5,16-17H,6-12H2;1H. The molecule has 0 heterocycles. The third-order valence-electron chi connectivity index (χ3n) is 5.39. The van der Waals surface area contributed by atoms with Gasteiger partial charge in [0.05, 0.1) is 39.3 Å². The Morgan fingerprint density at radius 1 is 0.538 bits per heavy atom. The molecule has 0 unspecified atom stereocenters. The molecule has 0 amide bonds. The Balaban J connectivity index is 0.000000722. The average molecular weight is 571 g/mol. The molecular weight excluding hydrogens is 528 g/mol. The number of halogens is 1. The fourth-order valence-electron chi connectivity index (χ4n) is 3.44. The summed E-state index contributed by atoms with van der Waals surface area (Å²) in [6, 6.07) is 18.8. The lowest BCUT2D eigenvalue weighted by Gasteiger charge is -2.19. The van der Waals surface area contributed by atoms with Gasteiger partial charge in [0, 0.05) is 39.3 Å². The first-order chi connectivity index (χ1) is 18.5. The van der Waals surface area contributed by atoms with Crippen LogP contribution in [0.5, 0.6) is 0 Å². The Bertz CT molecular complexity index is 778. The molecule has 220 valence electrons. The molecule has 0 fully saturated rings. The van der Waals surface area contributed by atoms with Crippen LogP contribution in [0.4, 0.5) is 0 Å². The summed E-state index contributed by atoms with van der Waals surface area (Å²) >= 11 is 0.